The van der Waals surface area contributed by atoms with E-state index in [1.807, 2.05) is 0 Å². The Labute approximate surface area is 93.7 Å². The van der Waals surface area contributed by atoms with Gasteiger partial charge in [-0.05, 0) is 19.1 Å². The predicted octanol–water partition coefficient (Wildman–Crippen LogP) is 0.824. The first-order valence-corrected chi connectivity index (χ1v) is 6.22. The second-order valence-electron chi connectivity index (χ2n) is 3.03. The average Bonchev–Trinajstić information content (AvgIpc) is 2.20. The van der Waals surface area contributed by atoms with Gasteiger partial charge >= 0.3 is 0 Å². The van der Waals surface area contributed by atoms with E-state index in [2.05, 4.69) is 9.71 Å². The Bertz CT molecular complexity index is 435. The van der Waals surface area contributed by atoms with Gasteiger partial charge in [0.05, 0.1) is 10.3 Å². The molecule has 0 radical (unpaired) electrons. The van der Waals surface area contributed by atoms with Crippen molar-refractivity contribution in [1.29, 1.82) is 0 Å². The number of hydrogen-bond donors (Lipinski definition) is 2. The van der Waals surface area contributed by atoms with Gasteiger partial charge in [0.15, 0.2) is 5.82 Å². The zero-order chi connectivity index (χ0) is 11.5. The van der Waals surface area contributed by atoms with Gasteiger partial charge in [-0.1, -0.05) is 11.6 Å². The third-order valence-electron chi connectivity index (χ3n) is 1.86. The molecule has 7 heteroatoms. The number of halogens is 1. The van der Waals surface area contributed by atoms with Crippen molar-refractivity contribution in [2.45, 2.75) is 12.2 Å². The van der Waals surface area contributed by atoms with Gasteiger partial charge in [-0.3, -0.25) is 4.72 Å². The number of nitrogens with zero attached hydrogens (tertiary/aromatic N) is 1. The Morgan fingerprint density at radius 3 is 2.87 bits per heavy atom. The van der Waals surface area contributed by atoms with Crippen LogP contribution in [-0.4, -0.2) is 25.2 Å². The molecule has 0 amide bonds. The smallest absolute Gasteiger partial charge is 0.237 e. The molecule has 1 atom stereocenters. The van der Waals surface area contributed by atoms with Gasteiger partial charge in [-0.2, -0.15) is 0 Å². The first-order chi connectivity index (χ1) is 6.97. The maximum Gasteiger partial charge on any atom is 0.237 e. The highest BCUT2D eigenvalue weighted by Crippen LogP contribution is 2.19. The van der Waals surface area contributed by atoms with Gasteiger partial charge in [0.2, 0.25) is 10.0 Å². The molecule has 0 saturated carbocycles. The van der Waals surface area contributed by atoms with E-state index >= 15 is 0 Å². The van der Waals surface area contributed by atoms with E-state index in [0.29, 0.717) is 0 Å². The van der Waals surface area contributed by atoms with Crippen molar-refractivity contribution >= 4 is 27.4 Å². The summed E-state index contributed by atoms with van der Waals surface area (Å²) in [5.74, 6) is 0.125. The van der Waals surface area contributed by atoms with Crippen molar-refractivity contribution in [2.75, 3.05) is 11.3 Å². The van der Waals surface area contributed by atoms with E-state index in [1.165, 1.54) is 13.1 Å². The van der Waals surface area contributed by atoms with Crippen LogP contribution in [0.1, 0.15) is 6.92 Å². The Hall–Kier alpha value is -0.850. The summed E-state index contributed by atoms with van der Waals surface area (Å²) in [6.07, 6.45) is 1.46. The Morgan fingerprint density at radius 1 is 1.67 bits per heavy atom. The summed E-state index contributed by atoms with van der Waals surface area (Å²) in [5, 5.41) is -0.430. The molecule has 15 heavy (non-hydrogen) atoms. The molecule has 0 spiro atoms. The van der Waals surface area contributed by atoms with E-state index < -0.39 is 15.3 Å². The molecular weight excluding hydrogens is 238 g/mol. The SMILES string of the molecule is CC(CN)S(=O)(=O)Nc1ncccc1Cl. The van der Waals surface area contributed by atoms with Gasteiger partial charge in [0, 0.05) is 12.7 Å². The van der Waals surface area contributed by atoms with Crippen molar-refractivity contribution in [2.24, 2.45) is 5.73 Å². The summed E-state index contributed by atoms with van der Waals surface area (Å²) in [6.45, 7) is 1.55. The van der Waals surface area contributed by atoms with E-state index in [1.54, 1.807) is 12.1 Å². The fourth-order valence-electron chi connectivity index (χ4n) is 0.823. The molecule has 0 aromatic carbocycles. The number of pyridine rings is 1. The van der Waals surface area contributed by atoms with Crippen LogP contribution in [0.25, 0.3) is 0 Å². The molecule has 0 saturated heterocycles. The van der Waals surface area contributed by atoms with Crippen LogP contribution in [-0.2, 0) is 10.0 Å². The lowest BCUT2D eigenvalue weighted by Gasteiger charge is -2.12. The van der Waals surface area contributed by atoms with Crippen molar-refractivity contribution in [3.8, 4) is 0 Å². The molecule has 0 aliphatic carbocycles. The summed E-state index contributed by atoms with van der Waals surface area (Å²) in [6, 6.07) is 3.17. The lowest BCUT2D eigenvalue weighted by Crippen LogP contribution is -2.32. The molecule has 5 nitrogen and oxygen atoms in total. The first-order valence-electron chi connectivity index (χ1n) is 4.29. The molecule has 1 rings (SSSR count). The first kappa shape index (κ1) is 12.2. The summed E-state index contributed by atoms with van der Waals surface area (Å²) in [5.41, 5.74) is 5.28. The standard InChI is InChI=1S/C8H12ClN3O2S/c1-6(5-10)15(13,14)12-8-7(9)3-2-4-11-8/h2-4,6H,5,10H2,1H3,(H,11,12). The minimum atomic E-state index is -3.51. The Morgan fingerprint density at radius 2 is 2.33 bits per heavy atom. The van der Waals surface area contributed by atoms with Crippen molar-refractivity contribution in [3.63, 3.8) is 0 Å². The van der Waals surface area contributed by atoms with Gasteiger partial charge in [-0.15, -0.1) is 0 Å². The number of anilines is 1. The van der Waals surface area contributed by atoms with Gasteiger partial charge < -0.3 is 5.73 Å². The quantitative estimate of drug-likeness (QED) is 0.828. The molecule has 84 valence electrons. The van der Waals surface area contributed by atoms with Crippen LogP contribution in [0, 0.1) is 0 Å². The third kappa shape index (κ3) is 3.05. The fraction of sp³-hybridized carbons (Fsp3) is 0.375. The summed E-state index contributed by atoms with van der Waals surface area (Å²) in [7, 11) is -3.51. The maximum absolute atomic E-state index is 11.6. The van der Waals surface area contributed by atoms with Crippen molar-refractivity contribution < 1.29 is 8.42 Å². The molecule has 3 N–H and O–H groups in total. The maximum atomic E-state index is 11.6. The zero-order valence-electron chi connectivity index (χ0n) is 8.14. The second-order valence-corrected chi connectivity index (χ2v) is 5.53. The number of hydrogen-bond acceptors (Lipinski definition) is 4. The molecule has 0 bridgehead atoms. The number of rotatable bonds is 4. The molecule has 1 unspecified atom stereocenters. The number of aromatic nitrogens is 1. The molecule has 0 fully saturated rings. The molecular formula is C8H12ClN3O2S. The molecule has 0 aliphatic heterocycles. The van der Waals surface area contributed by atoms with Crippen LogP contribution < -0.4 is 10.5 Å². The van der Waals surface area contributed by atoms with Crippen LogP contribution in [0.3, 0.4) is 0 Å². The van der Waals surface area contributed by atoms with Crippen LogP contribution in [0.4, 0.5) is 5.82 Å². The van der Waals surface area contributed by atoms with E-state index in [-0.39, 0.29) is 17.4 Å². The van der Waals surface area contributed by atoms with E-state index in [0.717, 1.165) is 0 Å². The Kier molecular flexibility index (Phi) is 3.90. The van der Waals surface area contributed by atoms with E-state index in [4.69, 9.17) is 17.3 Å². The molecule has 1 aromatic heterocycles. The van der Waals surface area contributed by atoms with Gasteiger partial charge in [-0.25, -0.2) is 13.4 Å². The summed E-state index contributed by atoms with van der Waals surface area (Å²) >= 11 is 5.76. The van der Waals surface area contributed by atoms with Gasteiger partial charge in [0.1, 0.15) is 0 Å². The van der Waals surface area contributed by atoms with E-state index in [9.17, 15) is 8.42 Å². The normalized spacial score (nSPS) is 13.5. The lowest BCUT2D eigenvalue weighted by atomic mass is 10.5. The van der Waals surface area contributed by atoms with Gasteiger partial charge in [0.25, 0.3) is 0 Å². The second kappa shape index (κ2) is 4.78. The average molecular weight is 250 g/mol. The number of nitrogens with one attached hydrogen (secondary N) is 1. The number of sulfonamides is 1. The lowest BCUT2D eigenvalue weighted by molar-refractivity contribution is 0.589. The minimum Gasteiger partial charge on any atom is -0.329 e. The minimum absolute atomic E-state index is 0.0415. The third-order valence-corrected chi connectivity index (χ3v) is 3.89. The summed E-state index contributed by atoms with van der Waals surface area (Å²) in [4.78, 5) is 3.82. The van der Waals surface area contributed by atoms with Crippen LogP contribution >= 0.6 is 11.6 Å². The highest BCUT2D eigenvalue weighted by Gasteiger charge is 2.20. The predicted molar refractivity (Wildman–Crippen MR) is 60.3 cm³/mol. The molecule has 0 aliphatic rings. The van der Waals surface area contributed by atoms with Crippen LogP contribution in [0.5, 0.6) is 0 Å². The zero-order valence-corrected chi connectivity index (χ0v) is 9.72. The monoisotopic (exact) mass is 249 g/mol. The van der Waals surface area contributed by atoms with Crippen LogP contribution in [0.15, 0.2) is 18.3 Å². The molecule has 1 heterocycles. The highest BCUT2D eigenvalue weighted by atomic mass is 35.5. The molecule has 1 aromatic rings. The topological polar surface area (TPSA) is 85.1 Å². The highest BCUT2D eigenvalue weighted by molar-refractivity contribution is 7.93. The van der Waals surface area contributed by atoms with Crippen molar-refractivity contribution in [1.82, 2.24) is 4.98 Å². The Balaban J connectivity index is 2.92. The fourth-order valence-corrected chi connectivity index (χ4v) is 1.93. The van der Waals surface area contributed by atoms with Crippen LogP contribution in [0.2, 0.25) is 5.02 Å². The van der Waals surface area contributed by atoms with Crippen molar-refractivity contribution in [3.05, 3.63) is 23.4 Å². The largest absolute Gasteiger partial charge is 0.329 e. The summed E-state index contributed by atoms with van der Waals surface area (Å²) < 4.78 is 25.5. The number of nitrogens with two attached hydrogens (primary N) is 1.